The van der Waals surface area contributed by atoms with Crippen molar-refractivity contribution in [2.75, 3.05) is 26.4 Å². The molecule has 78 valence electrons. The molecule has 0 atom stereocenters. The second-order valence-corrected chi connectivity index (χ2v) is 3.75. The van der Waals surface area contributed by atoms with Crippen molar-refractivity contribution in [1.82, 2.24) is 4.90 Å². The zero-order valence-corrected chi connectivity index (χ0v) is 8.83. The van der Waals surface area contributed by atoms with Crippen LogP contribution in [0.15, 0.2) is 18.2 Å². The molecule has 3 nitrogen and oxygen atoms in total. The minimum atomic E-state index is 0.309. The summed E-state index contributed by atoms with van der Waals surface area (Å²) in [6.45, 7) is 1.01. The van der Waals surface area contributed by atoms with Gasteiger partial charge in [0.2, 0.25) is 0 Å². The number of rotatable bonds is 4. The summed E-state index contributed by atoms with van der Waals surface area (Å²) in [7, 11) is 4.07. The molecule has 0 aliphatic heterocycles. The molecule has 0 saturated heterocycles. The smallest absolute Gasteiger partial charge is 0.120 e. The number of anilines is 1. The first-order valence-electron chi connectivity index (χ1n) is 4.82. The average Bonchev–Trinajstić information content (AvgIpc) is 2.09. The van der Waals surface area contributed by atoms with Crippen LogP contribution in [0.1, 0.15) is 12.0 Å². The quantitative estimate of drug-likeness (QED) is 0.714. The van der Waals surface area contributed by atoms with E-state index in [1.54, 1.807) is 12.1 Å². The molecule has 0 unspecified atom stereocenters. The van der Waals surface area contributed by atoms with Crippen molar-refractivity contribution < 1.29 is 5.11 Å². The molecule has 0 spiro atoms. The molecule has 0 saturated carbocycles. The number of phenolic OH excluding ortho intramolecular Hbond substituents is 1. The van der Waals surface area contributed by atoms with Crippen molar-refractivity contribution in [3.63, 3.8) is 0 Å². The SMILES string of the molecule is CN(C)CCCc1c(N)cccc1O. The van der Waals surface area contributed by atoms with Gasteiger partial charge in [-0.2, -0.15) is 0 Å². The molecule has 0 heterocycles. The first kappa shape index (κ1) is 10.9. The number of aromatic hydroxyl groups is 1. The Morgan fingerprint density at radius 2 is 2.07 bits per heavy atom. The van der Waals surface area contributed by atoms with Crippen LogP contribution in [0.3, 0.4) is 0 Å². The van der Waals surface area contributed by atoms with Gasteiger partial charge in [-0.15, -0.1) is 0 Å². The van der Waals surface area contributed by atoms with Crippen LogP contribution in [0.2, 0.25) is 0 Å². The number of benzene rings is 1. The van der Waals surface area contributed by atoms with Crippen LogP contribution in [0, 0.1) is 0 Å². The van der Waals surface area contributed by atoms with Crippen molar-refractivity contribution in [3.8, 4) is 5.75 Å². The molecular formula is C11H18N2O. The number of phenols is 1. The van der Waals surface area contributed by atoms with Gasteiger partial charge in [0.15, 0.2) is 0 Å². The molecule has 0 fully saturated rings. The lowest BCUT2D eigenvalue weighted by atomic mass is 10.1. The highest BCUT2D eigenvalue weighted by molar-refractivity contribution is 5.53. The Morgan fingerprint density at radius 1 is 1.36 bits per heavy atom. The molecule has 1 aromatic carbocycles. The molecule has 3 N–H and O–H groups in total. The predicted molar refractivity (Wildman–Crippen MR) is 59.4 cm³/mol. The third-order valence-electron chi connectivity index (χ3n) is 2.22. The van der Waals surface area contributed by atoms with E-state index in [0.29, 0.717) is 11.4 Å². The van der Waals surface area contributed by atoms with E-state index >= 15 is 0 Å². The van der Waals surface area contributed by atoms with Gasteiger partial charge < -0.3 is 15.7 Å². The summed E-state index contributed by atoms with van der Waals surface area (Å²) in [5, 5.41) is 9.56. The van der Waals surface area contributed by atoms with Gasteiger partial charge >= 0.3 is 0 Å². The first-order valence-corrected chi connectivity index (χ1v) is 4.82. The van der Waals surface area contributed by atoms with Gasteiger partial charge in [-0.25, -0.2) is 0 Å². The average molecular weight is 194 g/mol. The lowest BCUT2D eigenvalue weighted by Crippen LogP contribution is -2.13. The monoisotopic (exact) mass is 194 g/mol. The molecule has 1 rings (SSSR count). The van der Waals surface area contributed by atoms with Gasteiger partial charge in [-0.3, -0.25) is 0 Å². The standard InChI is InChI=1S/C11H18N2O/c1-13(2)8-4-5-9-10(12)6-3-7-11(9)14/h3,6-7,14H,4-5,8,12H2,1-2H3. The molecule has 0 amide bonds. The van der Waals surface area contributed by atoms with E-state index in [4.69, 9.17) is 5.73 Å². The van der Waals surface area contributed by atoms with Crippen LogP contribution in [0.25, 0.3) is 0 Å². The summed E-state index contributed by atoms with van der Waals surface area (Å²) in [4.78, 5) is 2.12. The fourth-order valence-corrected chi connectivity index (χ4v) is 1.44. The van der Waals surface area contributed by atoms with Crippen molar-refractivity contribution >= 4 is 5.69 Å². The maximum atomic E-state index is 9.56. The van der Waals surface area contributed by atoms with E-state index in [2.05, 4.69) is 4.90 Å². The molecule has 0 bridgehead atoms. The maximum absolute atomic E-state index is 9.56. The normalized spacial score (nSPS) is 10.8. The Morgan fingerprint density at radius 3 is 2.64 bits per heavy atom. The van der Waals surface area contributed by atoms with Gasteiger partial charge in [0.25, 0.3) is 0 Å². The van der Waals surface area contributed by atoms with E-state index in [0.717, 1.165) is 24.9 Å². The number of hydrogen-bond acceptors (Lipinski definition) is 3. The van der Waals surface area contributed by atoms with Gasteiger partial charge in [0, 0.05) is 11.3 Å². The molecule has 0 radical (unpaired) electrons. The van der Waals surface area contributed by atoms with E-state index in [-0.39, 0.29) is 0 Å². The summed E-state index contributed by atoms with van der Waals surface area (Å²) in [6.07, 6.45) is 1.84. The summed E-state index contributed by atoms with van der Waals surface area (Å²) >= 11 is 0. The Labute approximate surface area is 85.2 Å². The molecule has 0 aliphatic carbocycles. The molecule has 3 heteroatoms. The topological polar surface area (TPSA) is 49.5 Å². The van der Waals surface area contributed by atoms with E-state index < -0.39 is 0 Å². The Bertz CT molecular complexity index is 277. The number of hydrogen-bond donors (Lipinski definition) is 2. The van der Waals surface area contributed by atoms with Crippen molar-refractivity contribution in [1.29, 1.82) is 0 Å². The van der Waals surface area contributed by atoms with Crippen LogP contribution < -0.4 is 5.73 Å². The molecular weight excluding hydrogens is 176 g/mol. The van der Waals surface area contributed by atoms with E-state index in [9.17, 15) is 5.11 Å². The zero-order valence-electron chi connectivity index (χ0n) is 8.83. The number of nitrogens with zero attached hydrogens (tertiary/aromatic N) is 1. The van der Waals surface area contributed by atoms with Gasteiger partial charge in [-0.05, 0) is 45.6 Å². The number of nitrogens with two attached hydrogens (primary N) is 1. The second kappa shape index (κ2) is 4.86. The van der Waals surface area contributed by atoms with Crippen LogP contribution >= 0.6 is 0 Å². The highest BCUT2D eigenvalue weighted by Gasteiger charge is 2.04. The van der Waals surface area contributed by atoms with Crippen LogP contribution in [0.5, 0.6) is 5.75 Å². The largest absolute Gasteiger partial charge is 0.508 e. The molecule has 1 aromatic rings. The third kappa shape index (κ3) is 2.92. The Balaban J connectivity index is 2.58. The maximum Gasteiger partial charge on any atom is 0.120 e. The summed E-state index contributed by atoms with van der Waals surface area (Å²) in [6, 6.07) is 5.27. The minimum Gasteiger partial charge on any atom is -0.508 e. The Hall–Kier alpha value is -1.22. The van der Waals surface area contributed by atoms with E-state index in [1.807, 2.05) is 20.2 Å². The Kier molecular flexibility index (Phi) is 3.77. The lowest BCUT2D eigenvalue weighted by molar-refractivity contribution is 0.397. The minimum absolute atomic E-state index is 0.309. The summed E-state index contributed by atoms with van der Waals surface area (Å²) in [5.74, 6) is 0.309. The fourth-order valence-electron chi connectivity index (χ4n) is 1.44. The molecule has 14 heavy (non-hydrogen) atoms. The zero-order chi connectivity index (χ0) is 10.6. The van der Waals surface area contributed by atoms with Gasteiger partial charge in [0.05, 0.1) is 0 Å². The highest BCUT2D eigenvalue weighted by Crippen LogP contribution is 2.24. The predicted octanol–water partition coefficient (Wildman–Crippen LogP) is 1.47. The third-order valence-corrected chi connectivity index (χ3v) is 2.22. The van der Waals surface area contributed by atoms with Gasteiger partial charge in [0.1, 0.15) is 5.75 Å². The summed E-state index contributed by atoms with van der Waals surface area (Å²) in [5.41, 5.74) is 7.32. The van der Waals surface area contributed by atoms with E-state index in [1.165, 1.54) is 0 Å². The van der Waals surface area contributed by atoms with Gasteiger partial charge in [-0.1, -0.05) is 6.07 Å². The van der Waals surface area contributed by atoms with Crippen LogP contribution in [-0.2, 0) is 6.42 Å². The van der Waals surface area contributed by atoms with Crippen LogP contribution in [0.4, 0.5) is 5.69 Å². The van der Waals surface area contributed by atoms with Crippen LogP contribution in [-0.4, -0.2) is 30.6 Å². The fraction of sp³-hybridized carbons (Fsp3) is 0.455. The lowest BCUT2D eigenvalue weighted by Gasteiger charge is -2.11. The molecule has 0 aromatic heterocycles. The summed E-state index contributed by atoms with van der Waals surface area (Å²) < 4.78 is 0. The number of nitrogen functional groups attached to an aromatic ring is 1. The molecule has 0 aliphatic rings. The second-order valence-electron chi connectivity index (χ2n) is 3.75. The van der Waals surface area contributed by atoms with Crippen molar-refractivity contribution in [2.24, 2.45) is 0 Å². The highest BCUT2D eigenvalue weighted by atomic mass is 16.3. The van der Waals surface area contributed by atoms with Crippen molar-refractivity contribution in [3.05, 3.63) is 23.8 Å². The first-order chi connectivity index (χ1) is 6.61. The van der Waals surface area contributed by atoms with Crippen molar-refractivity contribution in [2.45, 2.75) is 12.8 Å².